The van der Waals surface area contributed by atoms with Crippen molar-refractivity contribution in [1.29, 1.82) is 0 Å². The number of rotatable bonds is 3. The summed E-state index contributed by atoms with van der Waals surface area (Å²) in [6, 6.07) is 2.13. The van der Waals surface area contributed by atoms with Gasteiger partial charge in [0.1, 0.15) is 11.6 Å². The highest BCUT2D eigenvalue weighted by molar-refractivity contribution is 5.67. The molecule has 76 valence electrons. The maximum Gasteiger partial charge on any atom is 0.303 e. The molecular weight excluding hydrogens is 190 g/mol. The topological polar surface area (TPSA) is 37.3 Å². The first-order valence-corrected chi connectivity index (χ1v) is 4.17. The van der Waals surface area contributed by atoms with E-state index in [1.165, 1.54) is 13.0 Å². The maximum absolute atomic E-state index is 13.0. The number of aliphatic carboxylic acids is 1. The van der Waals surface area contributed by atoms with Gasteiger partial charge in [0.2, 0.25) is 0 Å². The lowest BCUT2D eigenvalue weighted by molar-refractivity contribution is -0.136. The Morgan fingerprint density at radius 2 is 2.00 bits per heavy atom. The van der Waals surface area contributed by atoms with Gasteiger partial charge in [0, 0.05) is 12.5 Å². The molecule has 0 bridgehead atoms. The number of benzene rings is 1. The molecule has 0 saturated carbocycles. The minimum atomic E-state index is -0.994. The van der Waals surface area contributed by atoms with Crippen LogP contribution in [0.5, 0.6) is 0 Å². The van der Waals surface area contributed by atoms with Gasteiger partial charge in [-0.05, 0) is 24.5 Å². The summed E-state index contributed by atoms with van der Waals surface area (Å²) in [7, 11) is 0. The number of hydrogen-bond acceptors (Lipinski definition) is 1. The van der Waals surface area contributed by atoms with Crippen molar-refractivity contribution in [2.45, 2.75) is 19.8 Å². The molecule has 1 rings (SSSR count). The van der Waals surface area contributed by atoms with E-state index in [0.29, 0.717) is 5.56 Å². The number of hydrogen-bond donors (Lipinski definition) is 1. The Bertz CT molecular complexity index is 361. The van der Waals surface area contributed by atoms with E-state index in [-0.39, 0.29) is 18.4 Å². The van der Waals surface area contributed by atoms with Gasteiger partial charge >= 0.3 is 5.97 Å². The van der Waals surface area contributed by atoms with Crippen LogP contribution in [-0.2, 0) is 11.2 Å². The van der Waals surface area contributed by atoms with Crippen LogP contribution in [0.25, 0.3) is 0 Å². The van der Waals surface area contributed by atoms with Crippen molar-refractivity contribution in [3.8, 4) is 0 Å². The van der Waals surface area contributed by atoms with Crippen LogP contribution in [0.1, 0.15) is 17.5 Å². The van der Waals surface area contributed by atoms with E-state index in [1.807, 2.05) is 0 Å². The molecule has 0 atom stereocenters. The van der Waals surface area contributed by atoms with Crippen molar-refractivity contribution in [3.05, 3.63) is 34.9 Å². The zero-order valence-electron chi connectivity index (χ0n) is 7.68. The molecule has 4 heteroatoms. The minimum Gasteiger partial charge on any atom is -0.481 e. The number of carboxylic acid groups (broad SMARTS) is 1. The van der Waals surface area contributed by atoms with Crippen LogP contribution in [0.4, 0.5) is 8.78 Å². The van der Waals surface area contributed by atoms with E-state index in [9.17, 15) is 13.6 Å². The monoisotopic (exact) mass is 200 g/mol. The highest BCUT2D eigenvalue weighted by atomic mass is 19.1. The van der Waals surface area contributed by atoms with Crippen molar-refractivity contribution < 1.29 is 18.7 Å². The normalized spacial score (nSPS) is 10.2. The highest BCUT2D eigenvalue weighted by Gasteiger charge is 2.08. The van der Waals surface area contributed by atoms with Crippen LogP contribution in [0.15, 0.2) is 12.1 Å². The average molecular weight is 200 g/mol. The molecule has 1 aromatic carbocycles. The van der Waals surface area contributed by atoms with Crippen LogP contribution >= 0.6 is 0 Å². The summed E-state index contributed by atoms with van der Waals surface area (Å²) in [5.74, 6) is -2.29. The molecule has 0 aliphatic carbocycles. The Labute approximate surface area is 80.2 Å². The fourth-order valence-corrected chi connectivity index (χ4v) is 1.15. The van der Waals surface area contributed by atoms with Crippen molar-refractivity contribution in [2.75, 3.05) is 0 Å². The van der Waals surface area contributed by atoms with Gasteiger partial charge < -0.3 is 5.11 Å². The summed E-state index contributed by atoms with van der Waals surface area (Å²) in [4.78, 5) is 10.2. The summed E-state index contributed by atoms with van der Waals surface area (Å²) in [6.45, 7) is 1.51. The average Bonchev–Trinajstić information content (AvgIpc) is 2.09. The molecule has 0 fully saturated rings. The summed E-state index contributed by atoms with van der Waals surface area (Å²) < 4.78 is 25.9. The van der Waals surface area contributed by atoms with E-state index in [1.54, 1.807) is 0 Å². The molecule has 0 saturated heterocycles. The van der Waals surface area contributed by atoms with Gasteiger partial charge in [0.25, 0.3) is 0 Å². The Kier molecular flexibility index (Phi) is 3.17. The first-order chi connectivity index (χ1) is 6.50. The number of carbonyl (C=O) groups is 1. The van der Waals surface area contributed by atoms with Crippen molar-refractivity contribution >= 4 is 5.97 Å². The summed E-state index contributed by atoms with van der Waals surface area (Å²) in [5.41, 5.74) is 0.568. The zero-order chi connectivity index (χ0) is 10.7. The van der Waals surface area contributed by atoms with Crippen LogP contribution in [0, 0.1) is 18.6 Å². The molecule has 1 aromatic rings. The molecule has 0 unspecified atom stereocenters. The van der Waals surface area contributed by atoms with E-state index >= 15 is 0 Å². The van der Waals surface area contributed by atoms with E-state index in [0.717, 1.165) is 6.07 Å². The van der Waals surface area contributed by atoms with Crippen LogP contribution in [0.3, 0.4) is 0 Å². The van der Waals surface area contributed by atoms with E-state index in [2.05, 4.69) is 0 Å². The van der Waals surface area contributed by atoms with Crippen molar-refractivity contribution in [1.82, 2.24) is 0 Å². The first kappa shape index (κ1) is 10.6. The fourth-order valence-electron chi connectivity index (χ4n) is 1.15. The molecule has 14 heavy (non-hydrogen) atoms. The van der Waals surface area contributed by atoms with Gasteiger partial charge in [0.15, 0.2) is 0 Å². The molecule has 2 nitrogen and oxygen atoms in total. The first-order valence-electron chi connectivity index (χ1n) is 4.17. The number of aryl methyl sites for hydroxylation is 2. The Hall–Kier alpha value is -1.45. The third-order valence-electron chi connectivity index (χ3n) is 1.94. The van der Waals surface area contributed by atoms with Gasteiger partial charge in [-0.25, -0.2) is 8.78 Å². The third-order valence-corrected chi connectivity index (χ3v) is 1.94. The van der Waals surface area contributed by atoms with Crippen LogP contribution in [0.2, 0.25) is 0 Å². The third kappa shape index (κ3) is 2.52. The van der Waals surface area contributed by atoms with Gasteiger partial charge in [-0.15, -0.1) is 0 Å². The lowest BCUT2D eigenvalue weighted by Gasteiger charge is -2.03. The number of carboxylic acids is 1. The van der Waals surface area contributed by atoms with Gasteiger partial charge in [-0.3, -0.25) is 4.79 Å². The standard InChI is InChI=1S/C10H10F2O2/c1-6-4-7(2-3-10(13)14)9(12)5-8(6)11/h4-5H,2-3H2,1H3,(H,13,14). The smallest absolute Gasteiger partial charge is 0.303 e. The summed E-state index contributed by atoms with van der Waals surface area (Å²) in [6.07, 6.45) is -0.0652. The second-order valence-electron chi connectivity index (χ2n) is 3.09. The van der Waals surface area contributed by atoms with Gasteiger partial charge in [-0.1, -0.05) is 6.07 Å². The molecule has 0 amide bonds. The number of halogens is 2. The summed E-state index contributed by atoms with van der Waals surface area (Å²) in [5, 5.41) is 8.39. The highest BCUT2D eigenvalue weighted by Crippen LogP contribution is 2.15. The fraction of sp³-hybridized carbons (Fsp3) is 0.300. The van der Waals surface area contributed by atoms with Crippen LogP contribution < -0.4 is 0 Å². The molecule has 1 N–H and O–H groups in total. The zero-order valence-corrected chi connectivity index (χ0v) is 7.68. The summed E-state index contributed by atoms with van der Waals surface area (Å²) >= 11 is 0. The quantitative estimate of drug-likeness (QED) is 0.812. The van der Waals surface area contributed by atoms with Crippen LogP contribution in [-0.4, -0.2) is 11.1 Å². The van der Waals surface area contributed by atoms with Gasteiger partial charge in [0.05, 0.1) is 0 Å². The molecule has 0 heterocycles. The van der Waals surface area contributed by atoms with E-state index < -0.39 is 17.6 Å². The van der Waals surface area contributed by atoms with Gasteiger partial charge in [-0.2, -0.15) is 0 Å². The largest absolute Gasteiger partial charge is 0.481 e. The molecule has 0 spiro atoms. The SMILES string of the molecule is Cc1cc(CCC(=O)O)c(F)cc1F. The molecular formula is C10H10F2O2. The second kappa shape index (κ2) is 4.17. The predicted octanol–water partition coefficient (Wildman–Crippen LogP) is 2.29. The molecule has 0 aliphatic heterocycles. The maximum atomic E-state index is 13.0. The van der Waals surface area contributed by atoms with Crippen molar-refractivity contribution in [2.24, 2.45) is 0 Å². The lowest BCUT2D eigenvalue weighted by atomic mass is 10.1. The van der Waals surface area contributed by atoms with Crippen molar-refractivity contribution in [3.63, 3.8) is 0 Å². The minimum absolute atomic E-state index is 0.0856. The predicted molar refractivity (Wildman–Crippen MR) is 47.1 cm³/mol. The molecule has 0 aromatic heterocycles. The second-order valence-corrected chi connectivity index (χ2v) is 3.09. The Morgan fingerprint density at radius 1 is 1.36 bits per heavy atom. The Morgan fingerprint density at radius 3 is 2.57 bits per heavy atom. The Balaban J connectivity index is 2.87. The molecule has 0 radical (unpaired) electrons. The molecule has 0 aliphatic rings. The van der Waals surface area contributed by atoms with E-state index in [4.69, 9.17) is 5.11 Å². The lowest BCUT2D eigenvalue weighted by Crippen LogP contribution is -2.00.